The average molecular weight is 394 g/mol. The maximum Gasteiger partial charge on any atom is 0.331 e. The van der Waals surface area contributed by atoms with Crippen LogP contribution in [0.5, 0.6) is 5.75 Å². The SMILES string of the molecule is COc1cc([N+](=O)[O-])c(C(=O)Nc2cnn(C(C)(C)C(=O)O)c2)cc1SC. The number of carbonyl (C=O) groups is 2. The van der Waals surface area contributed by atoms with Gasteiger partial charge in [0.25, 0.3) is 11.6 Å². The molecule has 0 aliphatic carbocycles. The normalized spacial score (nSPS) is 11.1. The summed E-state index contributed by atoms with van der Waals surface area (Å²) in [6, 6.07) is 2.57. The van der Waals surface area contributed by atoms with Crippen molar-refractivity contribution in [2.24, 2.45) is 0 Å². The van der Waals surface area contributed by atoms with Crippen LogP contribution in [0.4, 0.5) is 11.4 Å². The number of benzene rings is 1. The monoisotopic (exact) mass is 394 g/mol. The van der Waals surface area contributed by atoms with Gasteiger partial charge in [0.1, 0.15) is 11.3 Å². The Morgan fingerprint density at radius 2 is 2.07 bits per heavy atom. The number of carboxylic acids is 1. The molecule has 2 aromatic rings. The average Bonchev–Trinajstić information content (AvgIpc) is 3.09. The second kappa shape index (κ2) is 7.66. The molecule has 10 nitrogen and oxygen atoms in total. The molecule has 0 aliphatic heterocycles. The highest BCUT2D eigenvalue weighted by atomic mass is 32.2. The van der Waals surface area contributed by atoms with Crippen molar-refractivity contribution in [2.75, 3.05) is 18.7 Å². The molecule has 0 spiro atoms. The van der Waals surface area contributed by atoms with Crippen molar-refractivity contribution in [3.8, 4) is 5.75 Å². The summed E-state index contributed by atoms with van der Waals surface area (Å²) in [7, 11) is 1.39. The van der Waals surface area contributed by atoms with E-state index in [4.69, 9.17) is 4.74 Å². The molecule has 1 aromatic carbocycles. The number of amides is 1. The number of methoxy groups -OCH3 is 1. The predicted molar refractivity (Wildman–Crippen MR) is 98.6 cm³/mol. The molecular weight excluding hydrogens is 376 g/mol. The third kappa shape index (κ3) is 4.03. The van der Waals surface area contributed by atoms with Crippen LogP contribution in [-0.4, -0.2) is 45.1 Å². The molecule has 0 atom stereocenters. The van der Waals surface area contributed by atoms with Crippen LogP contribution in [0.15, 0.2) is 29.4 Å². The minimum absolute atomic E-state index is 0.143. The summed E-state index contributed by atoms with van der Waals surface area (Å²) in [6.07, 6.45) is 4.37. The van der Waals surface area contributed by atoms with Gasteiger partial charge in [-0.2, -0.15) is 5.10 Å². The van der Waals surface area contributed by atoms with Gasteiger partial charge in [0, 0.05) is 6.20 Å². The number of aliphatic carboxylic acids is 1. The highest BCUT2D eigenvalue weighted by molar-refractivity contribution is 7.98. The number of nitro benzene ring substituents is 1. The van der Waals surface area contributed by atoms with Gasteiger partial charge in [-0.05, 0) is 26.2 Å². The van der Waals surface area contributed by atoms with Crippen molar-refractivity contribution in [2.45, 2.75) is 24.3 Å². The van der Waals surface area contributed by atoms with Gasteiger partial charge >= 0.3 is 5.97 Å². The first-order chi connectivity index (χ1) is 12.6. The van der Waals surface area contributed by atoms with E-state index in [0.717, 1.165) is 0 Å². The Balaban J connectivity index is 2.37. The number of carboxylic acid groups (broad SMARTS) is 1. The molecule has 1 heterocycles. The summed E-state index contributed by atoms with van der Waals surface area (Å²) >= 11 is 1.28. The van der Waals surface area contributed by atoms with E-state index < -0.39 is 28.0 Å². The lowest BCUT2D eigenvalue weighted by atomic mass is 10.1. The molecule has 144 valence electrons. The Labute approximate surface area is 158 Å². The molecule has 0 radical (unpaired) electrons. The van der Waals surface area contributed by atoms with Crippen molar-refractivity contribution in [3.05, 3.63) is 40.2 Å². The van der Waals surface area contributed by atoms with E-state index in [0.29, 0.717) is 10.6 Å². The fourth-order valence-corrected chi connectivity index (χ4v) is 2.77. The van der Waals surface area contributed by atoms with E-state index in [9.17, 15) is 24.8 Å². The Bertz CT molecular complexity index is 908. The fourth-order valence-electron chi connectivity index (χ4n) is 2.19. The van der Waals surface area contributed by atoms with Crippen molar-refractivity contribution in [3.63, 3.8) is 0 Å². The van der Waals surface area contributed by atoms with Crippen LogP contribution in [0.1, 0.15) is 24.2 Å². The summed E-state index contributed by atoms with van der Waals surface area (Å²) in [6.45, 7) is 2.90. The van der Waals surface area contributed by atoms with Crippen molar-refractivity contribution < 1.29 is 24.4 Å². The van der Waals surface area contributed by atoms with E-state index in [1.165, 1.54) is 61.9 Å². The highest BCUT2D eigenvalue weighted by Gasteiger charge is 2.31. The number of nitrogens with zero attached hydrogens (tertiary/aromatic N) is 3. The van der Waals surface area contributed by atoms with Gasteiger partial charge in [0.15, 0.2) is 5.54 Å². The summed E-state index contributed by atoms with van der Waals surface area (Å²) in [5.74, 6) is -1.52. The molecule has 27 heavy (non-hydrogen) atoms. The Morgan fingerprint density at radius 3 is 2.59 bits per heavy atom. The van der Waals surface area contributed by atoms with Gasteiger partial charge in [0.05, 0.1) is 34.9 Å². The number of nitrogens with one attached hydrogen (secondary N) is 1. The Morgan fingerprint density at radius 1 is 1.41 bits per heavy atom. The van der Waals surface area contributed by atoms with Crippen molar-refractivity contribution in [1.29, 1.82) is 0 Å². The lowest BCUT2D eigenvalue weighted by molar-refractivity contribution is -0.385. The zero-order valence-corrected chi connectivity index (χ0v) is 15.9. The molecule has 0 bridgehead atoms. The fraction of sp³-hybridized carbons (Fsp3) is 0.312. The van der Waals surface area contributed by atoms with E-state index in [2.05, 4.69) is 10.4 Å². The van der Waals surface area contributed by atoms with Gasteiger partial charge in [-0.1, -0.05) is 0 Å². The lowest BCUT2D eigenvalue weighted by Crippen LogP contribution is -2.35. The molecule has 11 heteroatoms. The van der Waals surface area contributed by atoms with Gasteiger partial charge in [-0.25, -0.2) is 4.79 Å². The Hall–Kier alpha value is -3.08. The molecule has 0 fully saturated rings. The number of thioether (sulfide) groups is 1. The first kappa shape index (κ1) is 20.2. The molecule has 2 N–H and O–H groups in total. The van der Waals surface area contributed by atoms with Gasteiger partial charge in [-0.3, -0.25) is 19.6 Å². The lowest BCUT2D eigenvalue weighted by Gasteiger charge is -2.19. The molecule has 1 aromatic heterocycles. The highest BCUT2D eigenvalue weighted by Crippen LogP contribution is 2.34. The number of carbonyl (C=O) groups excluding carboxylic acids is 1. The molecule has 2 rings (SSSR count). The van der Waals surface area contributed by atoms with E-state index in [1.807, 2.05) is 0 Å². The molecule has 0 unspecified atom stereocenters. The van der Waals surface area contributed by atoms with E-state index in [1.54, 1.807) is 6.26 Å². The van der Waals surface area contributed by atoms with Crippen LogP contribution in [0.25, 0.3) is 0 Å². The molecule has 0 saturated carbocycles. The number of aromatic nitrogens is 2. The van der Waals surface area contributed by atoms with Crippen LogP contribution in [-0.2, 0) is 10.3 Å². The van der Waals surface area contributed by atoms with Crippen molar-refractivity contribution in [1.82, 2.24) is 9.78 Å². The zero-order chi connectivity index (χ0) is 20.4. The van der Waals surface area contributed by atoms with E-state index in [-0.39, 0.29) is 11.3 Å². The largest absolute Gasteiger partial charge is 0.495 e. The van der Waals surface area contributed by atoms with Crippen LogP contribution in [0.2, 0.25) is 0 Å². The number of hydrogen-bond acceptors (Lipinski definition) is 7. The third-order valence-corrected chi connectivity index (χ3v) is 4.64. The minimum atomic E-state index is -1.32. The van der Waals surface area contributed by atoms with Crippen LogP contribution >= 0.6 is 11.8 Å². The molecule has 1 amide bonds. The maximum atomic E-state index is 12.6. The van der Waals surface area contributed by atoms with Gasteiger partial charge in [0.2, 0.25) is 0 Å². The van der Waals surface area contributed by atoms with Gasteiger partial charge < -0.3 is 15.2 Å². The minimum Gasteiger partial charge on any atom is -0.495 e. The summed E-state index contributed by atoms with van der Waals surface area (Å²) in [5, 5.41) is 27.0. The maximum absolute atomic E-state index is 12.6. The number of ether oxygens (including phenoxy) is 1. The first-order valence-electron chi connectivity index (χ1n) is 7.62. The smallest absolute Gasteiger partial charge is 0.331 e. The quantitative estimate of drug-likeness (QED) is 0.415. The van der Waals surface area contributed by atoms with Crippen LogP contribution in [0.3, 0.4) is 0 Å². The van der Waals surface area contributed by atoms with Crippen LogP contribution < -0.4 is 10.1 Å². The summed E-state index contributed by atoms with van der Waals surface area (Å²) in [5.41, 5.74) is -1.65. The number of hydrogen-bond donors (Lipinski definition) is 2. The topological polar surface area (TPSA) is 137 Å². The molecular formula is C16H18N4O6S. The van der Waals surface area contributed by atoms with Gasteiger partial charge in [-0.15, -0.1) is 11.8 Å². The first-order valence-corrected chi connectivity index (χ1v) is 8.84. The third-order valence-electron chi connectivity index (χ3n) is 3.88. The van der Waals surface area contributed by atoms with Crippen molar-refractivity contribution >= 4 is 35.0 Å². The number of nitro groups is 1. The Kier molecular flexibility index (Phi) is 5.74. The summed E-state index contributed by atoms with van der Waals surface area (Å²) in [4.78, 5) is 35.1. The zero-order valence-electron chi connectivity index (χ0n) is 15.0. The molecule has 0 saturated heterocycles. The second-order valence-electron chi connectivity index (χ2n) is 5.97. The molecule has 0 aliphatic rings. The predicted octanol–water partition coefficient (Wildman–Crippen LogP) is 2.59. The van der Waals surface area contributed by atoms with E-state index >= 15 is 0 Å². The van der Waals surface area contributed by atoms with Crippen LogP contribution in [0, 0.1) is 10.1 Å². The summed E-state index contributed by atoms with van der Waals surface area (Å²) < 4.78 is 6.30. The number of rotatable bonds is 7. The standard InChI is InChI=1S/C16H18N4O6S/c1-16(2,15(22)23)19-8-9(7-17-19)18-14(21)10-5-13(27-4)12(26-3)6-11(10)20(24)25/h5-8H,1-4H3,(H,18,21)(H,22,23). The second-order valence-corrected chi connectivity index (χ2v) is 6.82. The number of anilines is 1.